The molecule has 1 aliphatic heterocycles. The summed E-state index contributed by atoms with van der Waals surface area (Å²) in [5.74, 6) is 1.27. The fraction of sp³-hybridized carbons (Fsp3) is 0.458. The fourth-order valence-electron chi connectivity index (χ4n) is 3.85. The van der Waals surface area contributed by atoms with Gasteiger partial charge in [0.1, 0.15) is 11.9 Å². The SMILES string of the molecule is C[C@H](Cc1ccccn1)NC(=O)c1ccc(OC2CCN(C(=O)C3CC3)CC2)cc1. The van der Waals surface area contributed by atoms with Gasteiger partial charge >= 0.3 is 0 Å². The van der Waals surface area contributed by atoms with Crippen molar-refractivity contribution in [1.82, 2.24) is 15.2 Å². The molecule has 0 bridgehead atoms. The van der Waals surface area contributed by atoms with Gasteiger partial charge < -0.3 is 15.0 Å². The highest BCUT2D eigenvalue weighted by Gasteiger charge is 2.35. The second kappa shape index (κ2) is 9.28. The molecule has 1 aliphatic carbocycles. The number of carbonyl (C=O) groups excluding carboxylic acids is 2. The standard InChI is InChI=1S/C24H29N3O3/c1-17(16-20-4-2-3-13-25-20)26-23(28)18-7-9-21(10-8-18)30-22-11-14-27(15-12-22)24(29)19-5-6-19/h2-4,7-10,13,17,19,22H,5-6,11-12,14-16H2,1H3,(H,26,28)/t17-/m1/s1. The number of piperidine rings is 1. The first-order valence-electron chi connectivity index (χ1n) is 10.8. The maximum Gasteiger partial charge on any atom is 0.251 e. The highest BCUT2D eigenvalue weighted by atomic mass is 16.5. The molecule has 1 aromatic carbocycles. The Morgan fingerprint density at radius 2 is 1.83 bits per heavy atom. The number of carbonyl (C=O) groups is 2. The van der Waals surface area contributed by atoms with Crippen LogP contribution in [-0.4, -0.2) is 46.9 Å². The van der Waals surface area contributed by atoms with E-state index in [1.807, 2.05) is 42.2 Å². The predicted molar refractivity (Wildman–Crippen MR) is 114 cm³/mol. The van der Waals surface area contributed by atoms with Gasteiger partial charge in [-0.25, -0.2) is 0 Å². The van der Waals surface area contributed by atoms with Crippen LogP contribution in [0.4, 0.5) is 0 Å². The van der Waals surface area contributed by atoms with Crippen molar-refractivity contribution in [3.8, 4) is 5.75 Å². The molecule has 30 heavy (non-hydrogen) atoms. The van der Waals surface area contributed by atoms with Gasteiger partial charge in [-0.05, 0) is 56.2 Å². The van der Waals surface area contributed by atoms with E-state index >= 15 is 0 Å². The third-order valence-electron chi connectivity index (χ3n) is 5.72. The van der Waals surface area contributed by atoms with Gasteiger partial charge in [-0.2, -0.15) is 0 Å². The number of nitrogens with one attached hydrogen (secondary N) is 1. The number of hydrogen-bond acceptors (Lipinski definition) is 4. The minimum absolute atomic E-state index is 0.00754. The molecule has 2 heterocycles. The van der Waals surface area contributed by atoms with Crippen LogP contribution in [0.5, 0.6) is 5.75 Å². The van der Waals surface area contributed by atoms with Crippen LogP contribution in [0.3, 0.4) is 0 Å². The van der Waals surface area contributed by atoms with Gasteiger partial charge in [0.15, 0.2) is 0 Å². The van der Waals surface area contributed by atoms with Gasteiger partial charge in [-0.15, -0.1) is 0 Å². The summed E-state index contributed by atoms with van der Waals surface area (Å²) in [5, 5.41) is 3.02. The lowest BCUT2D eigenvalue weighted by molar-refractivity contribution is -0.134. The van der Waals surface area contributed by atoms with Gasteiger partial charge in [0, 0.05) is 61.8 Å². The molecular formula is C24H29N3O3. The molecule has 2 aliphatic rings. The van der Waals surface area contributed by atoms with E-state index in [-0.39, 0.29) is 24.0 Å². The summed E-state index contributed by atoms with van der Waals surface area (Å²) in [6.07, 6.45) is 6.38. The number of amides is 2. The first-order chi connectivity index (χ1) is 14.6. The van der Waals surface area contributed by atoms with E-state index in [0.29, 0.717) is 17.9 Å². The molecular weight excluding hydrogens is 378 g/mol. The molecule has 1 aromatic heterocycles. The van der Waals surface area contributed by atoms with Crippen molar-refractivity contribution < 1.29 is 14.3 Å². The summed E-state index contributed by atoms with van der Waals surface area (Å²) in [7, 11) is 0. The summed E-state index contributed by atoms with van der Waals surface area (Å²) in [4.78, 5) is 30.9. The summed E-state index contributed by atoms with van der Waals surface area (Å²) in [6.45, 7) is 3.52. The number of nitrogens with zero attached hydrogens (tertiary/aromatic N) is 2. The Morgan fingerprint density at radius 3 is 2.47 bits per heavy atom. The van der Waals surface area contributed by atoms with Crippen molar-refractivity contribution in [2.45, 2.75) is 51.2 Å². The maximum absolute atomic E-state index is 12.5. The Balaban J connectivity index is 1.23. The van der Waals surface area contributed by atoms with Crippen LogP contribution in [-0.2, 0) is 11.2 Å². The number of benzene rings is 1. The van der Waals surface area contributed by atoms with Crippen LogP contribution in [0.2, 0.25) is 0 Å². The molecule has 1 atom stereocenters. The predicted octanol–water partition coefficient (Wildman–Crippen LogP) is 3.22. The van der Waals surface area contributed by atoms with Gasteiger partial charge in [0.2, 0.25) is 5.91 Å². The van der Waals surface area contributed by atoms with Crippen LogP contribution in [0.1, 0.15) is 48.7 Å². The van der Waals surface area contributed by atoms with Crippen molar-refractivity contribution in [1.29, 1.82) is 0 Å². The average molecular weight is 408 g/mol. The molecule has 2 aromatic rings. The van der Waals surface area contributed by atoms with Gasteiger partial charge in [-0.1, -0.05) is 6.07 Å². The van der Waals surface area contributed by atoms with Crippen LogP contribution in [0.25, 0.3) is 0 Å². The quantitative estimate of drug-likeness (QED) is 0.765. The molecule has 2 fully saturated rings. The monoisotopic (exact) mass is 407 g/mol. The van der Waals surface area contributed by atoms with Crippen molar-refractivity contribution in [3.05, 3.63) is 59.9 Å². The Morgan fingerprint density at radius 1 is 1.10 bits per heavy atom. The topological polar surface area (TPSA) is 71.5 Å². The highest BCUT2D eigenvalue weighted by Crippen LogP contribution is 2.32. The van der Waals surface area contributed by atoms with Gasteiger partial charge in [0.25, 0.3) is 5.91 Å². The summed E-state index contributed by atoms with van der Waals surface area (Å²) in [5.41, 5.74) is 1.57. The Labute approximate surface area is 177 Å². The van der Waals surface area contributed by atoms with E-state index in [2.05, 4.69) is 10.3 Å². The largest absolute Gasteiger partial charge is 0.490 e. The molecule has 0 unspecified atom stereocenters. The van der Waals surface area contributed by atoms with E-state index in [1.165, 1.54) is 0 Å². The van der Waals surface area contributed by atoms with Gasteiger partial charge in [-0.3, -0.25) is 14.6 Å². The Hall–Kier alpha value is -2.89. The van der Waals surface area contributed by atoms with E-state index in [9.17, 15) is 9.59 Å². The van der Waals surface area contributed by atoms with Crippen molar-refractivity contribution in [2.24, 2.45) is 5.92 Å². The summed E-state index contributed by atoms with van der Waals surface area (Å²) < 4.78 is 6.08. The number of rotatable bonds is 7. The van der Waals surface area contributed by atoms with Crippen LogP contribution < -0.4 is 10.1 Å². The highest BCUT2D eigenvalue weighted by molar-refractivity contribution is 5.94. The Kier molecular flexibility index (Phi) is 6.31. The van der Waals surface area contributed by atoms with E-state index in [4.69, 9.17) is 4.74 Å². The van der Waals surface area contributed by atoms with Crippen molar-refractivity contribution >= 4 is 11.8 Å². The van der Waals surface area contributed by atoms with Crippen molar-refractivity contribution in [3.63, 3.8) is 0 Å². The van der Waals surface area contributed by atoms with E-state index in [0.717, 1.165) is 50.2 Å². The number of pyridine rings is 1. The first-order valence-corrected chi connectivity index (χ1v) is 10.8. The third kappa shape index (κ3) is 5.38. The van der Waals surface area contributed by atoms with E-state index in [1.54, 1.807) is 18.3 Å². The third-order valence-corrected chi connectivity index (χ3v) is 5.72. The zero-order valence-electron chi connectivity index (χ0n) is 17.4. The number of hydrogen-bond donors (Lipinski definition) is 1. The number of aromatic nitrogens is 1. The second-order valence-corrected chi connectivity index (χ2v) is 8.34. The first kappa shape index (κ1) is 20.4. The molecule has 0 radical (unpaired) electrons. The number of ether oxygens (including phenoxy) is 1. The summed E-state index contributed by atoms with van der Waals surface area (Å²) in [6, 6.07) is 13.1. The summed E-state index contributed by atoms with van der Waals surface area (Å²) >= 11 is 0. The minimum Gasteiger partial charge on any atom is -0.490 e. The molecule has 1 saturated heterocycles. The lowest BCUT2D eigenvalue weighted by Gasteiger charge is -2.32. The lowest BCUT2D eigenvalue weighted by atomic mass is 10.1. The van der Waals surface area contributed by atoms with E-state index < -0.39 is 0 Å². The Bertz CT molecular complexity index is 857. The normalized spacial score (nSPS) is 18.0. The average Bonchev–Trinajstić information content (AvgIpc) is 3.60. The second-order valence-electron chi connectivity index (χ2n) is 8.34. The van der Waals surface area contributed by atoms with Gasteiger partial charge in [0.05, 0.1) is 0 Å². The van der Waals surface area contributed by atoms with Crippen LogP contribution in [0.15, 0.2) is 48.7 Å². The molecule has 0 spiro atoms. The number of likely N-dealkylation sites (tertiary alicyclic amines) is 1. The maximum atomic E-state index is 12.5. The molecule has 4 rings (SSSR count). The van der Waals surface area contributed by atoms with Crippen LogP contribution >= 0.6 is 0 Å². The van der Waals surface area contributed by atoms with Crippen LogP contribution in [0, 0.1) is 5.92 Å². The fourth-order valence-corrected chi connectivity index (χ4v) is 3.85. The molecule has 1 saturated carbocycles. The smallest absolute Gasteiger partial charge is 0.251 e. The lowest BCUT2D eigenvalue weighted by Crippen LogP contribution is -2.42. The zero-order chi connectivity index (χ0) is 20.9. The molecule has 158 valence electrons. The molecule has 2 amide bonds. The molecule has 1 N–H and O–H groups in total. The molecule has 6 heteroatoms. The molecule has 6 nitrogen and oxygen atoms in total. The minimum atomic E-state index is -0.100. The van der Waals surface area contributed by atoms with Crippen molar-refractivity contribution in [2.75, 3.05) is 13.1 Å². The zero-order valence-corrected chi connectivity index (χ0v) is 17.4.